The van der Waals surface area contributed by atoms with E-state index in [1.165, 1.54) is 38.5 Å². The number of allylic oxidation sites excluding steroid dienone is 2. The zero-order chi connectivity index (χ0) is 12.4. The number of hydrogen-bond acceptors (Lipinski definition) is 2. The molecule has 2 nitrogen and oxygen atoms in total. The van der Waals surface area contributed by atoms with Crippen LogP contribution < -0.4 is 0 Å². The van der Waals surface area contributed by atoms with E-state index in [0.29, 0.717) is 11.8 Å². The molecule has 3 rings (SSSR count). The number of carbonyl (C=O) groups is 1. The molecular weight excluding hydrogens is 224 g/mol. The molecule has 3 aliphatic rings. The minimum atomic E-state index is 0.100. The van der Waals surface area contributed by atoms with Crippen molar-refractivity contribution in [3.8, 4) is 0 Å². The lowest BCUT2D eigenvalue weighted by atomic mass is 9.78. The molecular formula is C16H24O2. The Hall–Kier alpha value is -0.790. The summed E-state index contributed by atoms with van der Waals surface area (Å²) < 4.78 is 5.77. The highest BCUT2D eigenvalue weighted by atomic mass is 16.5. The summed E-state index contributed by atoms with van der Waals surface area (Å²) >= 11 is 0. The predicted molar refractivity (Wildman–Crippen MR) is 71.0 cm³/mol. The molecule has 0 aliphatic heterocycles. The van der Waals surface area contributed by atoms with Gasteiger partial charge in [0, 0.05) is 0 Å². The molecule has 0 spiro atoms. The Kier molecular flexibility index (Phi) is 3.72. The fraction of sp³-hybridized carbons (Fsp3) is 0.812. The van der Waals surface area contributed by atoms with E-state index in [1.807, 2.05) is 0 Å². The van der Waals surface area contributed by atoms with Crippen molar-refractivity contribution in [1.82, 2.24) is 0 Å². The first-order chi connectivity index (χ1) is 8.84. The fourth-order valence-electron chi connectivity index (χ4n) is 4.04. The number of rotatable bonds is 2. The van der Waals surface area contributed by atoms with Gasteiger partial charge in [0.2, 0.25) is 0 Å². The van der Waals surface area contributed by atoms with Crippen molar-refractivity contribution in [2.45, 2.75) is 63.9 Å². The Morgan fingerprint density at radius 2 is 1.83 bits per heavy atom. The SMILES string of the molecule is O=C(OC1CCCCC1)[C@H]1CC=C[C@@H]2CCC[C@@H]21. The van der Waals surface area contributed by atoms with Crippen LogP contribution in [0.15, 0.2) is 12.2 Å². The average Bonchev–Trinajstić information content (AvgIpc) is 2.87. The number of hydrogen-bond donors (Lipinski definition) is 0. The highest BCUT2D eigenvalue weighted by molar-refractivity contribution is 5.73. The van der Waals surface area contributed by atoms with Gasteiger partial charge in [0.15, 0.2) is 0 Å². The van der Waals surface area contributed by atoms with E-state index in [1.54, 1.807) is 0 Å². The van der Waals surface area contributed by atoms with E-state index in [2.05, 4.69) is 12.2 Å². The number of fused-ring (bicyclic) bond motifs is 1. The third-order valence-electron chi connectivity index (χ3n) is 5.05. The highest BCUT2D eigenvalue weighted by Crippen LogP contribution is 2.43. The number of carbonyl (C=O) groups excluding carboxylic acids is 1. The van der Waals surface area contributed by atoms with Gasteiger partial charge >= 0.3 is 5.97 Å². The van der Waals surface area contributed by atoms with E-state index < -0.39 is 0 Å². The molecule has 2 saturated carbocycles. The van der Waals surface area contributed by atoms with Gasteiger partial charge in [-0.3, -0.25) is 4.79 Å². The van der Waals surface area contributed by atoms with Crippen LogP contribution in [0.4, 0.5) is 0 Å². The molecule has 3 aliphatic carbocycles. The van der Waals surface area contributed by atoms with Gasteiger partial charge in [-0.1, -0.05) is 25.0 Å². The van der Waals surface area contributed by atoms with Gasteiger partial charge in [-0.2, -0.15) is 0 Å². The van der Waals surface area contributed by atoms with Crippen molar-refractivity contribution in [2.75, 3.05) is 0 Å². The molecule has 3 atom stereocenters. The minimum absolute atomic E-state index is 0.100. The zero-order valence-electron chi connectivity index (χ0n) is 11.1. The third-order valence-corrected chi connectivity index (χ3v) is 5.05. The van der Waals surface area contributed by atoms with Crippen LogP contribution in [0.3, 0.4) is 0 Å². The van der Waals surface area contributed by atoms with Gasteiger partial charge in [-0.25, -0.2) is 0 Å². The molecule has 0 amide bonds. The van der Waals surface area contributed by atoms with E-state index in [0.717, 1.165) is 19.3 Å². The van der Waals surface area contributed by atoms with Crippen LogP contribution in [0.2, 0.25) is 0 Å². The first kappa shape index (κ1) is 12.3. The Morgan fingerprint density at radius 3 is 2.67 bits per heavy atom. The summed E-state index contributed by atoms with van der Waals surface area (Å²) in [7, 11) is 0. The molecule has 2 fully saturated rings. The Morgan fingerprint density at radius 1 is 1.00 bits per heavy atom. The molecule has 0 aromatic rings. The minimum Gasteiger partial charge on any atom is -0.462 e. The maximum Gasteiger partial charge on any atom is 0.309 e. The van der Waals surface area contributed by atoms with Crippen molar-refractivity contribution in [1.29, 1.82) is 0 Å². The van der Waals surface area contributed by atoms with Gasteiger partial charge in [0.1, 0.15) is 6.10 Å². The molecule has 100 valence electrons. The van der Waals surface area contributed by atoms with Crippen molar-refractivity contribution < 1.29 is 9.53 Å². The summed E-state index contributed by atoms with van der Waals surface area (Å²) in [5, 5.41) is 0. The third kappa shape index (κ3) is 2.48. The van der Waals surface area contributed by atoms with Gasteiger partial charge in [-0.05, 0) is 56.8 Å². The second kappa shape index (κ2) is 5.46. The van der Waals surface area contributed by atoms with Gasteiger partial charge in [-0.15, -0.1) is 0 Å². The second-order valence-corrected chi connectivity index (χ2v) is 6.23. The summed E-state index contributed by atoms with van der Waals surface area (Å²) in [6.07, 6.45) is 15.4. The second-order valence-electron chi connectivity index (χ2n) is 6.23. The molecule has 0 unspecified atom stereocenters. The average molecular weight is 248 g/mol. The molecule has 0 aromatic heterocycles. The Bertz CT molecular complexity index is 328. The van der Waals surface area contributed by atoms with E-state index in [4.69, 9.17) is 4.74 Å². The molecule has 0 bridgehead atoms. The van der Waals surface area contributed by atoms with Crippen LogP contribution in [0.25, 0.3) is 0 Å². The van der Waals surface area contributed by atoms with E-state index in [-0.39, 0.29) is 18.0 Å². The first-order valence-corrected chi connectivity index (χ1v) is 7.72. The van der Waals surface area contributed by atoms with Crippen molar-refractivity contribution in [3.63, 3.8) is 0 Å². The maximum absolute atomic E-state index is 12.4. The molecule has 0 radical (unpaired) electrons. The van der Waals surface area contributed by atoms with Crippen LogP contribution in [-0.2, 0) is 9.53 Å². The standard InChI is InChI=1S/C16H24O2/c17-16(18-13-8-2-1-3-9-13)15-11-5-7-12-6-4-10-14(12)15/h5,7,12-15H,1-4,6,8-11H2/t12-,14-,15-/m0/s1. The summed E-state index contributed by atoms with van der Waals surface area (Å²) in [4.78, 5) is 12.4. The van der Waals surface area contributed by atoms with Crippen LogP contribution in [0, 0.1) is 17.8 Å². The molecule has 0 saturated heterocycles. The smallest absolute Gasteiger partial charge is 0.309 e. The lowest BCUT2D eigenvalue weighted by Crippen LogP contribution is -2.32. The Balaban J connectivity index is 1.59. The van der Waals surface area contributed by atoms with Crippen LogP contribution in [0.1, 0.15) is 57.8 Å². The van der Waals surface area contributed by atoms with E-state index in [9.17, 15) is 4.79 Å². The van der Waals surface area contributed by atoms with Gasteiger partial charge in [0.05, 0.1) is 5.92 Å². The lowest BCUT2D eigenvalue weighted by Gasteiger charge is -2.31. The number of esters is 1. The highest BCUT2D eigenvalue weighted by Gasteiger charge is 2.39. The van der Waals surface area contributed by atoms with Crippen molar-refractivity contribution in [3.05, 3.63) is 12.2 Å². The summed E-state index contributed by atoms with van der Waals surface area (Å²) in [5.41, 5.74) is 0. The normalized spacial score (nSPS) is 36.3. The molecule has 0 aromatic carbocycles. The molecule has 18 heavy (non-hydrogen) atoms. The zero-order valence-corrected chi connectivity index (χ0v) is 11.1. The first-order valence-electron chi connectivity index (χ1n) is 7.72. The summed E-state index contributed by atoms with van der Waals surface area (Å²) in [5.74, 6) is 1.49. The molecule has 0 N–H and O–H groups in total. The summed E-state index contributed by atoms with van der Waals surface area (Å²) in [6.45, 7) is 0. The molecule has 2 heteroatoms. The van der Waals surface area contributed by atoms with Gasteiger partial charge < -0.3 is 4.74 Å². The van der Waals surface area contributed by atoms with E-state index >= 15 is 0 Å². The van der Waals surface area contributed by atoms with Crippen LogP contribution in [-0.4, -0.2) is 12.1 Å². The quantitative estimate of drug-likeness (QED) is 0.548. The predicted octanol–water partition coefficient (Wildman–Crippen LogP) is 3.85. The van der Waals surface area contributed by atoms with Gasteiger partial charge in [0.25, 0.3) is 0 Å². The maximum atomic E-state index is 12.4. The van der Waals surface area contributed by atoms with Crippen molar-refractivity contribution in [2.24, 2.45) is 17.8 Å². The lowest BCUT2D eigenvalue weighted by molar-refractivity contribution is -0.158. The van der Waals surface area contributed by atoms with Crippen LogP contribution in [0.5, 0.6) is 0 Å². The van der Waals surface area contributed by atoms with Crippen LogP contribution >= 0.6 is 0 Å². The monoisotopic (exact) mass is 248 g/mol. The fourth-order valence-corrected chi connectivity index (χ4v) is 4.04. The largest absolute Gasteiger partial charge is 0.462 e. The van der Waals surface area contributed by atoms with Crippen molar-refractivity contribution >= 4 is 5.97 Å². The molecule has 0 heterocycles. The number of ether oxygens (including phenoxy) is 1. The Labute approximate surface area is 110 Å². The summed E-state index contributed by atoms with van der Waals surface area (Å²) in [6, 6.07) is 0. The topological polar surface area (TPSA) is 26.3 Å².